The highest BCUT2D eigenvalue weighted by Gasteiger charge is 2.19. The third kappa shape index (κ3) is 6.48. The van der Waals surface area contributed by atoms with E-state index in [-0.39, 0.29) is 0 Å². The van der Waals surface area contributed by atoms with Crippen LogP contribution in [0.2, 0.25) is 0 Å². The van der Waals surface area contributed by atoms with Crippen molar-refractivity contribution in [2.45, 2.75) is 9.79 Å². The first kappa shape index (κ1) is 33.3. The highest BCUT2D eigenvalue weighted by atomic mass is 32.2. The Labute approximate surface area is 326 Å². The minimum Gasteiger partial charge on any atom is -0.456 e. The van der Waals surface area contributed by atoms with E-state index < -0.39 is 0 Å². The summed E-state index contributed by atoms with van der Waals surface area (Å²) in [6.45, 7) is 0. The first-order valence-electron chi connectivity index (χ1n) is 18.2. The summed E-state index contributed by atoms with van der Waals surface area (Å²) in [6, 6.07) is 60.7. The Morgan fingerprint density at radius 2 is 0.750 bits per heavy atom. The van der Waals surface area contributed by atoms with Crippen molar-refractivity contribution in [3.05, 3.63) is 182 Å². The van der Waals surface area contributed by atoms with Gasteiger partial charge in [0.05, 0.1) is 0 Å². The molecule has 0 fully saturated rings. The Bertz CT molecular complexity index is 2930. The number of para-hydroxylation sites is 1. The number of hydrogen-bond donors (Lipinski definition) is 0. The summed E-state index contributed by atoms with van der Waals surface area (Å²) in [6.07, 6.45) is 0. The van der Waals surface area contributed by atoms with E-state index in [2.05, 4.69) is 48.5 Å². The monoisotopic (exact) mass is 738 g/mol. The second-order valence-electron chi connectivity index (χ2n) is 13.1. The molecule has 3 heterocycles. The maximum atomic E-state index is 6.23. The topological polar surface area (TPSA) is 90.5 Å². The summed E-state index contributed by atoms with van der Waals surface area (Å²) < 4.78 is 6.23. The summed E-state index contributed by atoms with van der Waals surface area (Å²) in [7, 11) is 0. The quantitative estimate of drug-likeness (QED) is 0.152. The van der Waals surface area contributed by atoms with Crippen molar-refractivity contribution in [2.75, 3.05) is 0 Å². The largest absolute Gasteiger partial charge is 0.456 e. The van der Waals surface area contributed by atoms with Crippen LogP contribution in [0.15, 0.2) is 196 Å². The van der Waals surface area contributed by atoms with E-state index in [1.807, 2.05) is 133 Å². The van der Waals surface area contributed by atoms with Gasteiger partial charge in [-0.1, -0.05) is 163 Å². The lowest BCUT2D eigenvalue weighted by molar-refractivity contribution is 0.669. The van der Waals surface area contributed by atoms with Crippen molar-refractivity contribution < 1.29 is 4.42 Å². The van der Waals surface area contributed by atoms with Gasteiger partial charge in [0.2, 0.25) is 0 Å². The standard InChI is InChI=1S/C48H30N6OS/c1-4-15-31(16-5-1)43-49-44(32-17-6-2-7-18-32)51-46(50-43)34-27-29-35(30-28-34)56-41-26-13-11-22-37(41)47-52-45(33-19-8-3-9-20-33)53-48(54-47)38-23-14-25-40-42(38)36-21-10-12-24-39(36)55-40/h1-30H. The van der Waals surface area contributed by atoms with E-state index in [1.165, 1.54) is 0 Å². The maximum Gasteiger partial charge on any atom is 0.165 e. The Hall–Kier alpha value is -7.29. The van der Waals surface area contributed by atoms with Gasteiger partial charge in [-0.05, 0) is 30.3 Å². The molecule has 0 unspecified atom stereocenters. The van der Waals surface area contributed by atoms with Gasteiger partial charge in [-0.15, -0.1) is 0 Å². The Kier molecular flexibility index (Phi) is 8.62. The zero-order valence-electron chi connectivity index (χ0n) is 29.8. The number of fused-ring (bicyclic) bond motifs is 3. The van der Waals surface area contributed by atoms with Crippen LogP contribution in [0.25, 0.3) is 90.3 Å². The first-order chi connectivity index (χ1) is 27.7. The summed E-state index contributed by atoms with van der Waals surface area (Å²) >= 11 is 1.65. The molecule has 7 aromatic carbocycles. The maximum absolute atomic E-state index is 6.23. The molecule has 264 valence electrons. The zero-order chi connectivity index (χ0) is 37.3. The molecule has 10 rings (SSSR count). The molecule has 0 bridgehead atoms. The first-order valence-corrected chi connectivity index (χ1v) is 19.0. The van der Waals surface area contributed by atoms with E-state index in [4.69, 9.17) is 34.3 Å². The van der Waals surface area contributed by atoms with E-state index in [0.29, 0.717) is 34.9 Å². The molecule has 0 radical (unpaired) electrons. The summed E-state index contributed by atoms with van der Waals surface area (Å²) in [4.78, 5) is 32.0. The lowest BCUT2D eigenvalue weighted by Gasteiger charge is -2.12. The zero-order valence-corrected chi connectivity index (χ0v) is 30.6. The van der Waals surface area contributed by atoms with E-state index in [1.54, 1.807) is 11.8 Å². The fourth-order valence-electron chi connectivity index (χ4n) is 6.77. The molecule has 0 aliphatic heterocycles. The molecule has 10 aromatic rings. The molecule has 0 amide bonds. The van der Waals surface area contributed by atoms with Crippen molar-refractivity contribution in [1.29, 1.82) is 0 Å². The van der Waals surface area contributed by atoms with Crippen LogP contribution < -0.4 is 0 Å². The fraction of sp³-hybridized carbons (Fsp3) is 0. The van der Waals surface area contributed by atoms with Crippen LogP contribution in [0.5, 0.6) is 0 Å². The molecule has 0 spiro atoms. The number of aromatic nitrogens is 6. The average Bonchev–Trinajstić information content (AvgIpc) is 3.67. The molecule has 8 heteroatoms. The van der Waals surface area contributed by atoms with Crippen molar-refractivity contribution in [3.63, 3.8) is 0 Å². The van der Waals surface area contributed by atoms with Crippen LogP contribution in [0.3, 0.4) is 0 Å². The van der Waals surface area contributed by atoms with Crippen molar-refractivity contribution >= 4 is 33.7 Å². The number of furan rings is 1. The number of hydrogen-bond acceptors (Lipinski definition) is 8. The normalized spacial score (nSPS) is 11.3. The fourth-order valence-corrected chi connectivity index (χ4v) is 7.71. The van der Waals surface area contributed by atoms with Gasteiger partial charge in [-0.3, -0.25) is 0 Å². The minimum absolute atomic E-state index is 0.581. The second-order valence-corrected chi connectivity index (χ2v) is 14.2. The SMILES string of the molecule is c1ccc(-c2nc(-c3ccccc3)nc(-c3ccc(Sc4ccccc4-c4nc(-c5ccccc5)nc(-c5cccc6oc7ccccc7c56)n4)cc3)n2)cc1. The van der Waals surface area contributed by atoms with Crippen LogP contribution >= 0.6 is 11.8 Å². The highest BCUT2D eigenvalue weighted by Crippen LogP contribution is 2.39. The smallest absolute Gasteiger partial charge is 0.165 e. The Balaban J connectivity index is 1.03. The van der Waals surface area contributed by atoms with E-state index in [9.17, 15) is 0 Å². The van der Waals surface area contributed by atoms with Gasteiger partial charge in [0, 0.05) is 53.9 Å². The summed E-state index contributed by atoms with van der Waals surface area (Å²) in [5.74, 6) is 3.64. The molecule has 0 aliphatic rings. The van der Waals surface area contributed by atoms with E-state index >= 15 is 0 Å². The summed E-state index contributed by atoms with van der Waals surface area (Å²) in [5.41, 5.74) is 7.08. The molecular formula is C48H30N6OS. The van der Waals surface area contributed by atoms with Crippen LogP contribution in [-0.2, 0) is 0 Å². The molecule has 0 saturated carbocycles. The van der Waals surface area contributed by atoms with Gasteiger partial charge < -0.3 is 4.42 Å². The van der Waals surface area contributed by atoms with Gasteiger partial charge in [0.15, 0.2) is 34.9 Å². The molecule has 3 aromatic heterocycles. The van der Waals surface area contributed by atoms with Gasteiger partial charge in [-0.25, -0.2) is 29.9 Å². The van der Waals surface area contributed by atoms with Crippen LogP contribution in [0.1, 0.15) is 0 Å². The van der Waals surface area contributed by atoms with Crippen LogP contribution in [-0.4, -0.2) is 29.9 Å². The van der Waals surface area contributed by atoms with Crippen molar-refractivity contribution in [2.24, 2.45) is 0 Å². The highest BCUT2D eigenvalue weighted by molar-refractivity contribution is 7.99. The van der Waals surface area contributed by atoms with Crippen LogP contribution in [0, 0.1) is 0 Å². The second kappa shape index (κ2) is 14.5. The van der Waals surface area contributed by atoms with Gasteiger partial charge >= 0.3 is 0 Å². The van der Waals surface area contributed by atoms with Gasteiger partial charge in [0.1, 0.15) is 11.2 Å². The predicted molar refractivity (Wildman–Crippen MR) is 224 cm³/mol. The Morgan fingerprint density at radius 1 is 0.321 bits per heavy atom. The lowest BCUT2D eigenvalue weighted by Crippen LogP contribution is -2.01. The van der Waals surface area contributed by atoms with Gasteiger partial charge in [0.25, 0.3) is 0 Å². The van der Waals surface area contributed by atoms with Gasteiger partial charge in [-0.2, -0.15) is 0 Å². The van der Waals surface area contributed by atoms with Crippen molar-refractivity contribution in [3.8, 4) is 68.3 Å². The van der Waals surface area contributed by atoms with Crippen LogP contribution in [0.4, 0.5) is 0 Å². The minimum atomic E-state index is 0.581. The molecule has 56 heavy (non-hydrogen) atoms. The number of nitrogens with zero attached hydrogens (tertiary/aromatic N) is 6. The average molecular weight is 739 g/mol. The molecular weight excluding hydrogens is 709 g/mol. The third-order valence-electron chi connectivity index (χ3n) is 9.48. The molecule has 0 saturated heterocycles. The molecule has 0 N–H and O–H groups in total. The lowest BCUT2D eigenvalue weighted by atomic mass is 10.1. The Morgan fingerprint density at radius 3 is 1.36 bits per heavy atom. The third-order valence-corrected chi connectivity index (χ3v) is 10.6. The van der Waals surface area contributed by atoms with E-state index in [0.717, 1.165) is 65.1 Å². The number of rotatable bonds is 8. The molecule has 0 atom stereocenters. The number of benzene rings is 7. The van der Waals surface area contributed by atoms with Crippen molar-refractivity contribution in [1.82, 2.24) is 29.9 Å². The summed E-state index contributed by atoms with van der Waals surface area (Å²) in [5, 5.41) is 2.00. The predicted octanol–water partition coefficient (Wildman–Crippen LogP) is 12.1. The molecule has 7 nitrogen and oxygen atoms in total. The molecule has 0 aliphatic carbocycles.